The number of ether oxygens (including phenoxy) is 1. The number of carbonyl (C=O) groups excluding carboxylic acids is 2. The van der Waals surface area contributed by atoms with E-state index in [1.165, 1.54) is 7.05 Å². The summed E-state index contributed by atoms with van der Waals surface area (Å²) in [7, 11) is 1.37. The van der Waals surface area contributed by atoms with Crippen molar-refractivity contribution in [2.24, 2.45) is 5.92 Å². The van der Waals surface area contributed by atoms with Crippen LogP contribution in [0.2, 0.25) is 0 Å². The molecule has 1 atom stereocenters. The summed E-state index contributed by atoms with van der Waals surface area (Å²) in [6.07, 6.45) is 0.825. The molecule has 1 aromatic rings. The van der Waals surface area contributed by atoms with Crippen LogP contribution in [0.15, 0.2) is 30.3 Å². The van der Waals surface area contributed by atoms with Crippen molar-refractivity contribution in [3.05, 3.63) is 35.9 Å². The Morgan fingerprint density at radius 2 is 2.05 bits per heavy atom. The highest BCUT2D eigenvalue weighted by Crippen LogP contribution is 2.19. The highest BCUT2D eigenvalue weighted by atomic mass is 16.8. The third-order valence-corrected chi connectivity index (χ3v) is 3.80. The fourth-order valence-corrected chi connectivity index (χ4v) is 2.35. The van der Waals surface area contributed by atoms with Gasteiger partial charge in [-0.3, -0.25) is 0 Å². The highest BCUT2D eigenvalue weighted by Gasteiger charge is 2.28. The number of carbonyl (C=O) groups is 2. The number of hydrogen-bond donors (Lipinski definition) is 0. The van der Waals surface area contributed by atoms with Crippen molar-refractivity contribution in [2.75, 3.05) is 20.1 Å². The van der Waals surface area contributed by atoms with Crippen molar-refractivity contribution in [3.8, 4) is 0 Å². The summed E-state index contributed by atoms with van der Waals surface area (Å²) >= 11 is 0. The molecule has 2 amide bonds. The highest BCUT2D eigenvalue weighted by molar-refractivity contribution is 5.72. The molecule has 1 aliphatic heterocycles. The van der Waals surface area contributed by atoms with Gasteiger partial charge in [0.25, 0.3) is 0 Å². The fraction of sp³-hybridized carbons (Fsp3) is 0.500. The van der Waals surface area contributed by atoms with Gasteiger partial charge < -0.3 is 14.5 Å². The number of benzene rings is 1. The van der Waals surface area contributed by atoms with Gasteiger partial charge in [0.15, 0.2) is 0 Å². The monoisotopic (exact) mass is 306 g/mol. The van der Waals surface area contributed by atoms with E-state index in [-0.39, 0.29) is 6.61 Å². The van der Waals surface area contributed by atoms with Crippen LogP contribution in [0.1, 0.15) is 25.3 Å². The molecule has 6 nitrogen and oxygen atoms in total. The molecule has 0 N–H and O–H groups in total. The molecule has 1 fully saturated rings. The van der Waals surface area contributed by atoms with Crippen molar-refractivity contribution in [3.63, 3.8) is 0 Å². The zero-order valence-corrected chi connectivity index (χ0v) is 13.0. The maximum atomic E-state index is 12.0. The van der Waals surface area contributed by atoms with Crippen LogP contribution in [-0.2, 0) is 16.2 Å². The topological polar surface area (TPSA) is 59.1 Å². The number of nitrogens with zero attached hydrogens (tertiary/aromatic N) is 2. The minimum atomic E-state index is -0.691. The molecule has 1 heterocycles. The molecule has 0 radical (unpaired) electrons. The zero-order chi connectivity index (χ0) is 15.9. The summed E-state index contributed by atoms with van der Waals surface area (Å²) in [4.78, 5) is 30.4. The van der Waals surface area contributed by atoms with Crippen molar-refractivity contribution in [1.29, 1.82) is 0 Å². The zero-order valence-electron chi connectivity index (χ0n) is 13.0. The molecule has 1 saturated heterocycles. The lowest BCUT2D eigenvalue weighted by atomic mass is 10.1. The molecule has 6 heteroatoms. The van der Waals surface area contributed by atoms with E-state index in [0.29, 0.717) is 19.0 Å². The molecule has 0 bridgehead atoms. The largest absolute Gasteiger partial charge is 0.443 e. The second-order valence-corrected chi connectivity index (χ2v) is 5.40. The van der Waals surface area contributed by atoms with Gasteiger partial charge in [0.2, 0.25) is 0 Å². The Balaban J connectivity index is 1.75. The van der Waals surface area contributed by atoms with Crippen LogP contribution in [0, 0.1) is 5.92 Å². The Hall–Kier alpha value is -2.24. The van der Waals surface area contributed by atoms with E-state index in [1.807, 2.05) is 30.3 Å². The third kappa shape index (κ3) is 4.38. The van der Waals surface area contributed by atoms with Gasteiger partial charge in [-0.15, -0.1) is 5.06 Å². The first-order valence-corrected chi connectivity index (χ1v) is 7.51. The van der Waals surface area contributed by atoms with Gasteiger partial charge >= 0.3 is 12.2 Å². The Morgan fingerprint density at radius 3 is 2.68 bits per heavy atom. The van der Waals surface area contributed by atoms with Crippen LogP contribution < -0.4 is 0 Å². The molecular weight excluding hydrogens is 284 g/mol. The first-order valence-electron chi connectivity index (χ1n) is 7.51. The van der Waals surface area contributed by atoms with Crippen molar-refractivity contribution >= 4 is 12.2 Å². The molecule has 120 valence electrons. The summed E-state index contributed by atoms with van der Waals surface area (Å²) < 4.78 is 5.09. The van der Waals surface area contributed by atoms with Crippen LogP contribution in [0.25, 0.3) is 0 Å². The van der Waals surface area contributed by atoms with Gasteiger partial charge in [0, 0.05) is 13.1 Å². The van der Waals surface area contributed by atoms with Crippen molar-refractivity contribution < 1.29 is 19.2 Å². The lowest BCUT2D eigenvalue weighted by molar-refractivity contribution is -0.0782. The van der Waals surface area contributed by atoms with Crippen LogP contribution >= 0.6 is 0 Å². The van der Waals surface area contributed by atoms with Crippen LogP contribution in [0.4, 0.5) is 9.59 Å². The summed E-state index contributed by atoms with van der Waals surface area (Å²) in [6.45, 7) is 3.60. The average molecular weight is 306 g/mol. The SMILES string of the molecule is CCC1CCN(C(=O)ON(C)C(=O)OCc2ccccc2)C1. The number of rotatable bonds is 3. The Kier molecular flexibility index (Phi) is 5.63. The lowest BCUT2D eigenvalue weighted by Crippen LogP contribution is -2.37. The predicted molar refractivity (Wildman–Crippen MR) is 80.8 cm³/mol. The summed E-state index contributed by atoms with van der Waals surface area (Å²) in [6, 6.07) is 9.33. The quantitative estimate of drug-likeness (QED) is 0.805. The van der Waals surface area contributed by atoms with Gasteiger partial charge in [-0.25, -0.2) is 9.59 Å². The molecule has 1 aromatic carbocycles. The van der Waals surface area contributed by atoms with E-state index in [4.69, 9.17) is 9.57 Å². The molecule has 0 aliphatic carbocycles. The van der Waals surface area contributed by atoms with Crippen LogP contribution in [0.5, 0.6) is 0 Å². The third-order valence-electron chi connectivity index (χ3n) is 3.80. The maximum Gasteiger partial charge on any atom is 0.443 e. The fourth-order valence-electron chi connectivity index (χ4n) is 2.35. The van der Waals surface area contributed by atoms with E-state index < -0.39 is 12.2 Å². The van der Waals surface area contributed by atoms with Crippen molar-refractivity contribution in [2.45, 2.75) is 26.4 Å². The molecule has 0 saturated carbocycles. The van der Waals surface area contributed by atoms with Crippen LogP contribution in [-0.4, -0.2) is 42.3 Å². The Bertz CT molecular complexity index is 506. The van der Waals surface area contributed by atoms with Crippen molar-refractivity contribution in [1.82, 2.24) is 9.96 Å². The minimum absolute atomic E-state index is 0.142. The number of amides is 2. The van der Waals surface area contributed by atoms with Gasteiger partial charge in [-0.2, -0.15) is 0 Å². The Morgan fingerprint density at radius 1 is 1.32 bits per heavy atom. The standard InChI is InChI=1S/C16H22N2O4/c1-3-13-9-10-18(11-13)16(20)22-17(2)15(19)21-12-14-7-5-4-6-8-14/h4-8,13H,3,9-12H2,1-2H3. The number of hydrogen-bond acceptors (Lipinski definition) is 4. The van der Waals surface area contributed by atoms with E-state index in [9.17, 15) is 9.59 Å². The van der Waals surface area contributed by atoms with Gasteiger partial charge in [0.05, 0.1) is 7.05 Å². The first kappa shape index (κ1) is 16.1. The summed E-state index contributed by atoms with van der Waals surface area (Å²) in [5.41, 5.74) is 0.876. The maximum absolute atomic E-state index is 12.0. The van der Waals surface area contributed by atoms with E-state index in [0.717, 1.165) is 23.5 Å². The van der Waals surface area contributed by atoms with Gasteiger partial charge in [-0.05, 0) is 17.9 Å². The smallest absolute Gasteiger partial charge is 0.442 e. The normalized spacial score (nSPS) is 17.2. The second kappa shape index (κ2) is 7.68. The first-order chi connectivity index (χ1) is 10.6. The average Bonchev–Trinajstić information content (AvgIpc) is 3.02. The van der Waals surface area contributed by atoms with Crippen LogP contribution in [0.3, 0.4) is 0 Å². The molecule has 0 spiro atoms. The van der Waals surface area contributed by atoms with E-state index >= 15 is 0 Å². The van der Waals surface area contributed by atoms with E-state index in [2.05, 4.69) is 6.92 Å². The number of hydroxylamine groups is 2. The molecule has 22 heavy (non-hydrogen) atoms. The number of likely N-dealkylation sites (tertiary alicyclic amines) is 1. The molecular formula is C16H22N2O4. The van der Waals surface area contributed by atoms with Gasteiger partial charge in [0.1, 0.15) is 6.61 Å². The minimum Gasteiger partial charge on any atom is -0.442 e. The Labute approximate surface area is 130 Å². The molecule has 2 rings (SSSR count). The van der Waals surface area contributed by atoms with Gasteiger partial charge in [-0.1, -0.05) is 43.7 Å². The lowest BCUT2D eigenvalue weighted by Gasteiger charge is -2.20. The van der Waals surface area contributed by atoms with E-state index in [1.54, 1.807) is 4.90 Å². The molecule has 1 unspecified atom stereocenters. The summed E-state index contributed by atoms with van der Waals surface area (Å²) in [5, 5.41) is 0.838. The second-order valence-electron chi connectivity index (χ2n) is 5.40. The molecule has 1 aliphatic rings. The predicted octanol–water partition coefficient (Wildman–Crippen LogP) is 3.04. The summed E-state index contributed by atoms with van der Waals surface area (Å²) in [5.74, 6) is 0.517. The molecule has 0 aromatic heterocycles.